The maximum absolute atomic E-state index is 12.2. The molecule has 0 aromatic heterocycles. The van der Waals surface area contributed by atoms with Gasteiger partial charge in [-0.3, -0.25) is 4.90 Å². The molecule has 1 spiro atoms. The first kappa shape index (κ1) is 24.6. The molecule has 1 unspecified atom stereocenters. The second-order valence-electron chi connectivity index (χ2n) is 7.70. The zero-order chi connectivity index (χ0) is 22.6. The van der Waals surface area contributed by atoms with Crippen molar-refractivity contribution in [2.45, 2.75) is 49.4 Å². The molecule has 0 aliphatic carbocycles. The summed E-state index contributed by atoms with van der Waals surface area (Å²) in [6.07, 6.45) is -3.23. The van der Waals surface area contributed by atoms with Gasteiger partial charge in [0.1, 0.15) is 0 Å². The summed E-state index contributed by atoms with van der Waals surface area (Å²) in [5.74, 6) is -2.32. The van der Waals surface area contributed by atoms with E-state index in [4.69, 9.17) is 14.6 Å². The van der Waals surface area contributed by atoms with Gasteiger partial charge < -0.3 is 9.84 Å². The molecule has 1 aromatic rings. The van der Waals surface area contributed by atoms with Gasteiger partial charge in [-0.15, -0.1) is 0 Å². The monoisotopic (exact) mass is 452 g/mol. The standard InChI is InChI=1S/C17H26N2O3S.C2HF3O2/c1-14(2)19-12-17(13-19)15(9-11-22-17)8-10-18-23(20,21)16-6-4-3-5-7-16;3-2(4,5)1(6)7/h3-7,14-15,18H,8-13H2,1-2H3;(H,6,7). The molecule has 2 aliphatic heterocycles. The fourth-order valence-corrected chi connectivity index (χ4v) is 4.67. The first-order valence-corrected chi connectivity index (χ1v) is 11.1. The number of sulfonamides is 1. The smallest absolute Gasteiger partial charge is 0.475 e. The second kappa shape index (κ2) is 9.63. The number of halogens is 3. The molecule has 1 aromatic carbocycles. The highest BCUT2D eigenvalue weighted by molar-refractivity contribution is 7.89. The van der Waals surface area contributed by atoms with Crippen molar-refractivity contribution in [2.24, 2.45) is 5.92 Å². The van der Waals surface area contributed by atoms with Crippen LogP contribution in [0.3, 0.4) is 0 Å². The van der Waals surface area contributed by atoms with Crippen molar-refractivity contribution < 1.29 is 36.2 Å². The zero-order valence-corrected chi connectivity index (χ0v) is 17.7. The van der Waals surface area contributed by atoms with Crippen LogP contribution in [0.5, 0.6) is 0 Å². The molecule has 1 atom stereocenters. The third-order valence-corrected chi connectivity index (χ3v) is 6.83. The summed E-state index contributed by atoms with van der Waals surface area (Å²) in [7, 11) is -3.40. The molecular formula is C19H27F3N2O5S. The quantitative estimate of drug-likeness (QED) is 0.689. The van der Waals surface area contributed by atoms with E-state index in [-0.39, 0.29) is 5.60 Å². The predicted octanol–water partition coefficient (Wildman–Crippen LogP) is 2.49. The summed E-state index contributed by atoms with van der Waals surface area (Å²) >= 11 is 0. The molecule has 2 heterocycles. The molecule has 0 amide bonds. The van der Waals surface area contributed by atoms with E-state index in [1.807, 2.05) is 6.07 Å². The van der Waals surface area contributed by atoms with Crippen LogP contribution in [0.2, 0.25) is 0 Å². The van der Waals surface area contributed by atoms with E-state index < -0.39 is 22.2 Å². The average Bonchev–Trinajstić information content (AvgIpc) is 3.04. The van der Waals surface area contributed by atoms with Gasteiger partial charge in [0.2, 0.25) is 10.0 Å². The van der Waals surface area contributed by atoms with Gasteiger partial charge in [-0.25, -0.2) is 17.9 Å². The minimum atomic E-state index is -5.08. The molecule has 3 rings (SSSR count). The van der Waals surface area contributed by atoms with Gasteiger partial charge in [0.15, 0.2) is 0 Å². The minimum Gasteiger partial charge on any atom is -0.475 e. The largest absolute Gasteiger partial charge is 0.490 e. The Morgan fingerprint density at radius 3 is 2.37 bits per heavy atom. The lowest BCUT2D eigenvalue weighted by Gasteiger charge is -2.52. The van der Waals surface area contributed by atoms with E-state index in [0.717, 1.165) is 32.5 Å². The highest BCUT2D eigenvalue weighted by Gasteiger charge is 2.52. The predicted molar refractivity (Wildman–Crippen MR) is 103 cm³/mol. The Balaban J connectivity index is 0.000000396. The topological polar surface area (TPSA) is 95.9 Å². The molecule has 2 fully saturated rings. The van der Waals surface area contributed by atoms with Gasteiger partial charge in [0.25, 0.3) is 0 Å². The van der Waals surface area contributed by atoms with E-state index in [0.29, 0.717) is 23.4 Å². The number of nitrogens with one attached hydrogen (secondary N) is 1. The summed E-state index contributed by atoms with van der Waals surface area (Å²) < 4.78 is 65.0. The number of carboxylic acids is 1. The zero-order valence-electron chi connectivity index (χ0n) is 16.9. The Kier molecular flexibility index (Phi) is 7.89. The number of carboxylic acid groups (broad SMARTS) is 1. The first-order valence-electron chi connectivity index (χ1n) is 9.60. The lowest BCUT2D eigenvalue weighted by molar-refractivity contribution is -0.192. The molecule has 0 saturated carbocycles. The molecule has 0 radical (unpaired) electrons. The van der Waals surface area contributed by atoms with Gasteiger partial charge in [-0.05, 0) is 44.7 Å². The first-order chi connectivity index (χ1) is 13.9. The van der Waals surface area contributed by atoms with Crippen LogP contribution in [0.4, 0.5) is 13.2 Å². The molecular weight excluding hydrogens is 425 g/mol. The second-order valence-corrected chi connectivity index (χ2v) is 9.47. The Bertz CT molecular complexity index is 809. The molecule has 30 heavy (non-hydrogen) atoms. The number of aliphatic carboxylic acids is 1. The summed E-state index contributed by atoms with van der Waals surface area (Å²) in [6.45, 7) is 7.61. The van der Waals surface area contributed by atoms with Crippen LogP contribution in [0, 0.1) is 5.92 Å². The van der Waals surface area contributed by atoms with E-state index >= 15 is 0 Å². The molecule has 7 nitrogen and oxygen atoms in total. The summed E-state index contributed by atoms with van der Waals surface area (Å²) in [5, 5.41) is 7.12. The van der Waals surface area contributed by atoms with Crippen LogP contribution in [-0.2, 0) is 19.6 Å². The van der Waals surface area contributed by atoms with E-state index in [1.54, 1.807) is 24.3 Å². The number of likely N-dealkylation sites (tertiary alicyclic amines) is 1. The summed E-state index contributed by atoms with van der Waals surface area (Å²) in [6, 6.07) is 9.08. The average molecular weight is 452 g/mol. The number of hydrogen-bond acceptors (Lipinski definition) is 5. The van der Waals surface area contributed by atoms with Crippen molar-refractivity contribution in [3.8, 4) is 0 Å². The third-order valence-electron chi connectivity index (χ3n) is 5.35. The van der Waals surface area contributed by atoms with Crippen molar-refractivity contribution in [3.05, 3.63) is 30.3 Å². The molecule has 170 valence electrons. The van der Waals surface area contributed by atoms with Gasteiger partial charge in [-0.2, -0.15) is 13.2 Å². The number of hydrogen-bond donors (Lipinski definition) is 2. The van der Waals surface area contributed by atoms with Crippen molar-refractivity contribution >= 4 is 16.0 Å². The third kappa shape index (κ3) is 6.16. The fourth-order valence-electron chi connectivity index (χ4n) is 3.60. The van der Waals surface area contributed by atoms with Gasteiger partial charge in [0, 0.05) is 32.3 Å². The highest BCUT2D eigenvalue weighted by Crippen LogP contribution is 2.42. The number of rotatable bonds is 6. The van der Waals surface area contributed by atoms with Crippen molar-refractivity contribution in [1.82, 2.24) is 9.62 Å². The lowest BCUT2D eigenvalue weighted by Crippen LogP contribution is -2.66. The van der Waals surface area contributed by atoms with Gasteiger partial charge in [-0.1, -0.05) is 18.2 Å². The van der Waals surface area contributed by atoms with Crippen molar-refractivity contribution in [1.29, 1.82) is 0 Å². The van der Waals surface area contributed by atoms with Crippen LogP contribution >= 0.6 is 0 Å². The Morgan fingerprint density at radius 1 is 1.30 bits per heavy atom. The number of alkyl halides is 3. The minimum absolute atomic E-state index is 0.0392. The maximum Gasteiger partial charge on any atom is 0.490 e. The van der Waals surface area contributed by atoms with Crippen LogP contribution < -0.4 is 4.72 Å². The van der Waals surface area contributed by atoms with Gasteiger partial charge in [0.05, 0.1) is 10.5 Å². The van der Waals surface area contributed by atoms with Crippen molar-refractivity contribution in [2.75, 3.05) is 26.2 Å². The number of carbonyl (C=O) groups is 1. The Hall–Kier alpha value is -1.69. The molecule has 2 saturated heterocycles. The molecule has 11 heteroatoms. The maximum atomic E-state index is 12.2. The van der Waals surface area contributed by atoms with Crippen LogP contribution in [0.25, 0.3) is 0 Å². The Labute approximate surface area is 174 Å². The fraction of sp³-hybridized carbons (Fsp3) is 0.632. The SMILES string of the molecule is CC(C)N1CC2(C1)OCCC2CCNS(=O)(=O)c1ccccc1.O=C(O)C(F)(F)F. The highest BCUT2D eigenvalue weighted by atomic mass is 32.2. The Morgan fingerprint density at radius 2 is 1.87 bits per heavy atom. The normalized spacial score (nSPS) is 21.2. The van der Waals surface area contributed by atoms with Crippen LogP contribution in [0.15, 0.2) is 35.2 Å². The van der Waals surface area contributed by atoms with Gasteiger partial charge >= 0.3 is 12.1 Å². The number of benzene rings is 1. The number of ether oxygens (including phenoxy) is 1. The van der Waals surface area contributed by atoms with E-state index in [9.17, 15) is 21.6 Å². The van der Waals surface area contributed by atoms with E-state index in [1.165, 1.54) is 0 Å². The number of nitrogens with zero attached hydrogens (tertiary/aromatic N) is 1. The molecule has 0 bridgehead atoms. The van der Waals surface area contributed by atoms with Crippen LogP contribution in [0.1, 0.15) is 26.7 Å². The van der Waals surface area contributed by atoms with Crippen LogP contribution in [-0.4, -0.2) is 68.5 Å². The summed E-state index contributed by atoms with van der Waals surface area (Å²) in [5.41, 5.74) is -0.0392. The molecule has 2 N–H and O–H groups in total. The van der Waals surface area contributed by atoms with E-state index in [2.05, 4.69) is 23.5 Å². The lowest BCUT2D eigenvalue weighted by atomic mass is 9.78. The van der Waals surface area contributed by atoms with Crippen molar-refractivity contribution in [3.63, 3.8) is 0 Å². The molecule has 2 aliphatic rings. The summed E-state index contributed by atoms with van der Waals surface area (Å²) in [4.78, 5) is 11.6.